The molecule has 1 fully saturated rings. The molecule has 1 aliphatic carbocycles. The predicted octanol–water partition coefficient (Wildman–Crippen LogP) is 5.23. The first-order valence-electron chi connectivity index (χ1n) is 7.73. The van der Waals surface area contributed by atoms with Gasteiger partial charge in [-0.15, -0.1) is 0 Å². The third-order valence-electron chi connectivity index (χ3n) is 4.60. The van der Waals surface area contributed by atoms with Crippen molar-refractivity contribution >= 4 is 11.6 Å². The number of halogens is 1. The summed E-state index contributed by atoms with van der Waals surface area (Å²) in [6.45, 7) is 1.87. The Balaban J connectivity index is 2.11. The van der Waals surface area contributed by atoms with Gasteiger partial charge in [-0.05, 0) is 49.3 Å². The standard InChI is InChI=1S/C18H21ClN2/c1-13(11-20)15-7-8-16(18(19)10-15)9-17(12-21)14-5-3-2-4-6-14/h7-8,10,13-14,17H,2-6,9H2,1H3/t13-,17?/m1/s1. The minimum atomic E-state index is -0.151. The molecule has 1 unspecified atom stereocenters. The van der Waals surface area contributed by atoms with Crippen LogP contribution in [-0.2, 0) is 6.42 Å². The van der Waals surface area contributed by atoms with Crippen LogP contribution in [-0.4, -0.2) is 0 Å². The highest BCUT2D eigenvalue weighted by Gasteiger charge is 2.24. The first-order chi connectivity index (χ1) is 10.2. The van der Waals surface area contributed by atoms with Gasteiger partial charge >= 0.3 is 0 Å². The van der Waals surface area contributed by atoms with Crippen molar-refractivity contribution < 1.29 is 0 Å². The van der Waals surface area contributed by atoms with Crippen molar-refractivity contribution in [3.05, 3.63) is 34.3 Å². The highest BCUT2D eigenvalue weighted by molar-refractivity contribution is 6.31. The molecule has 0 aromatic heterocycles. The van der Waals surface area contributed by atoms with Crippen LogP contribution < -0.4 is 0 Å². The fourth-order valence-corrected chi connectivity index (χ4v) is 3.43. The van der Waals surface area contributed by atoms with Crippen molar-refractivity contribution in [3.8, 4) is 12.1 Å². The van der Waals surface area contributed by atoms with E-state index in [1.165, 1.54) is 32.1 Å². The quantitative estimate of drug-likeness (QED) is 0.764. The molecular formula is C18H21ClN2. The van der Waals surface area contributed by atoms with Gasteiger partial charge < -0.3 is 0 Å². The van der Waals surface area contributed by atoms with Crippen LogP contribution in [0.2, 0.25) is 5.02 Å². The van der Waals surface area contributed by atoms with Crippen LogP contribution in [0.5, 0.6) is 0 Å². The predicted molar refractivity (Wildman–Crippen MR) is 84.9 cm³/mol. The van der Waals surface area contributed by atoms with Crippen molar-refractivity contribution in [2.24, 2.45) is 11.8 Å². The maximum Gasteiger partial charge on any atom is 0.0700 e. The summed E-state index contributed by atoms with van der Waals surface area (Å²) in [5.74, 6) is 0.418. The minimum absolute atomic E-state index is 0.0574. The SMILES string of the molecule is C[C@H](C#N)c1ccc(CC(C#N)C2CCCCC2)c(Cl)c1. The van der Waals surface area contributed by atoms with Gasteiger partial charge in [0.15, 0.2) is 0 Å². The van der Waals surface area contributed by atoms with Crippen LogP contribution in [0.1, 0.15) is 56.1 Å². The van der Waals surface area contributed by atoms with Gasteiger partial charge in [0.25, 0.3) is 0 Å². The number of hydrogen-bond acceptors (Lipinski definition) is 2. The fourth-order valence-electron chi connectivity index (χ4n) is 3.16. The molecule has 1 saturated carbocycles. The molecule has 0 N–H and O–H groups in total. The number of hydrogen-bond donors (Lipinski definition) is 0. The molecule has 0 heterocycles. The molecule has 3 heteroatoms. The lowest BCUT2D eigenvalue weighted by Crippen LogP contribution is -2.18. The monoisotopic (exact) mass is 300 g/mol. The Morgan fingerprint density at radius 2 is 1.90 bits per heavy atom. The Morgan fingerprint density at radius 1 is 1.19 bits per heavy atom. The summed E-state index contributed by atoms with van der Waals surface area (Å²) in [5, 5.41) is 19.1. The highest BCUT2D eigenvalue weighted by Crippen LogP contribution is 2.33. The average molecular weight is 301 g/mol. The summed E-state index contributed by atoms with van der Waals surface area (Å²) < 4.78 is 0. The highest BCUT2D eigenvalue weighted by atomic mass is 35.5. The van der Waals surface area contributed by atoms with E-state index in [0.29, 0.717) is 10.9 Å². The van der Waals surface area contributed by atoms with Gasteiger partial charge in [-0.3, -0.25) is 0 Å². The lowest BCUT2D eigenvalue weighted by Gasteiger charge is -2.26. The summed E-state index contributed by atoms with van der Waals surface area (Å²) in [6.07, 6.45) is 6.85. The maximum absolute atomic E-state index is 9.48. The molecule has 2 atom stereocenters. The van der Waals surface area contributed by atoms with Gasteiger partial charge in [-0.25, -0.2) is 0 Å². The maximum atomic E-state index is 9.48. The summed E-state index contributed by atoms with van der Waals surface area (Å²) in [4.78, 5) is 0. The van der Waals surface area contributed by atoms with Crippen LogP contribution in [0.25, 0.3) is 0 Å². The van der Waals surface area contributed by atoms with Gasteiger partial charge in [-0.2, -0.15) is 10.5 Å². The lowest BCUT2D eigenvalue weighted by atomic mass is 9.78. The van der Waals surface area contributed by atoms with Gasteiger partial charge in [0.05, 0.1) is 24.0 Å². The van der Waals surface area contributed by atoms with E-state index in [9.17, 15) is 5.26 Å². The molecular weight excluding hydrogens is 280 g/mol. The van der Waals surface area contributed by atoms with E-state index in [4.69, 9.17) is 16.9 Å². The number of benzene rings is 1. The van der Waals surface area contributed by atoms with Crippen molar-refractivity contribution in [2.45, 2.75) is 51.4 Å². The molecule has 2 rings (SSSR count). The van der Waals surface area contributed by atoms with E-state index in [1.54, 1.807) is 0 Å². The summed E-state index contributed by atoms with van der Waals surface area (Å²) in [6, 6.07) is 10.5. The first-order valence-corrected chi connectivity index (χ1v) is 8.11. The molecule has 0 amide bonds. The van der Waals surface area contributed by atoms with E-state index in [0.717, 1.165) is 17.5 Å². The molecule has 0 bridgehead atoms. The van der Waals surface area contributed by atoms with E-state index >= 15 is 0 Å². The van der Waals surface area contributed by atoms with Crippen molar-refractivity contribution in [1.82, 2.24) is 0 Å². The molecule has 0 saturated heterocycles. The van der Waals surface area contributed by atoms with Crippen LogP contribution >= 0.6 is 11.6 Å². The van der Waals surface area contributed by atoms with Gasteiger partial charge in [0, 0.05) is 5.02 Å². The van der Waals surface area contributed by atoms with Crippen LogP contribution in [0.3, 0.4) is 0 Å². The molecule has 0 aliphatic heterocycles. The smallest absolute Gasteiger partial charge is 0.0700 e. The number of rotatable bonds is 4. The van der Waals surface area contributed by atoms with Crippen LogP contribution in [0.4, 0.5) is 0 Å². The molecule has 21 heavy (non-hydrogen) atoms. The largest absolute Gasteiger partial charge is 0.198 e. The van der Waals surface area contributed by atoms with Crippen molar-refractivity contribution in [2.75, 3.05) is 0 Å². The zero-order valence-corrected chi connectivity index (χ0v) is 13.2. The molecule has 2 nitrogen and oxygen atoms in total. The molecule has 1 aliphatic rings. The Bertz CT molecular complexity index is 562. The van der Waals surface area contributed by atoms with E-state index < -0.39 is 0 Å². The number of nitrogens with zero attached hydrogens (tertiary/aromatic N) is 2. The summed E-state index contributed by atoms with van der Waals surface area (Å²) in [5.41, 5.74) is 1.97. The topological polar surface area (TPSA) is 47.6 Å². The zero-order chi connectivity index (χ0) is 15.2. The van der Waals surface area contributed by atoms with Gasteiger partial charge in [0.2, 0.25) is 0 Å². The lowest BCUT2D eigenvalue weighted by molar-refractivity contribution is 0.290. The zero-order valence-electron chi connectivity index (χ0n) is 12.5. The third-order valence-corrected chi connectivity index (χ3v) is 4.95. The molecule has 0 radical (unpaired) electrons. The second-order valence-corrected chi connectivity index (χ2v) is 6.45. The average Bonchev–Trinajstić information content (AvgIpc) is 2.53. The van der Waals surface area contributed by atoms with Crippen molar-refractivity contribution in [1.29, 1.82) is 10.5 Å². The van der Waals surface area contributed by atoms with Gasteiger partial charge in [-0.1, -0.05) is 43.0 Å². The molecule has 0 spiro atoms. The van der Waals surface area contributed by atoms with Crippen LogP contribution in [0.15, 0.2) is 18.2 Å². The Kier molecular flexibility index (Phi) is 5.66. The minimum Gasteiger partial charge on any atom is -0.198 e. The van der Waals surface area contributed by atoms with E-state index in [1.807, 2.05) is 25.1 Å². The number of nitriles is 2. The summed E-state index contributed by atoms with van der Waals surface area (Å²) >= 11 is 6.35. The third kappa shape index (κ3) is 3.99. The normalized spacial score (nSPS) is 18.5. The van der Waals surface area contributed by atoms with Crippen LogP contribution in [0, 0.1) is 34.5 Å². The van der Waals surface area contributed by atoms with E-state index in [-0.39, 0.29) is 11.8 Å². The molecule has 1 aromatic carbocycles. The Hall–Kier alpha value is -1.51. The fraction of sp³-hybridized carbons (Fsp3) is 0.556. The van der Waals surface area contributed by atoms with Gasteiger partial charge in [0.1, 0.15) is 0 Å². The first kappa shape index (κ1) is 15.9. The molecule has 1 aromatic rings. The Labute approximate surface area is 132 Å². The van der Waals surface area contributed by atoms with Crippen molar-refractivity contribution in [3.63, 3.8) is 0 Å². The second kappa shape index (κ2) is 7.48. The Morgan fingerprint density at radius 3 is 2.48 bits per heavy atom. The molecule has 110 valence electrons. The second-order valence-electron chi connectivity index (χ2n) is 6.04. The summed E-state index contributed by atoms with van der Waals surface area (Å²) in [7, 11) is 0. The van der Waals surface area contributed by atoms with E-state index in [2.05, 4.69) is 12.1 Å².